The van der Waals surface area contributed by atoms with E-state index in [2.05, 4.69) is 0 Å². The number of fused-ring (bicyclic) bond motifs is 1. The van der Waals surface area contributed by atoms with Crippen molar-refractivity contribution in [2.45, 2.75) is 23.8 Å². The highest BCUT2D eigenvalue weighted by Crippen LogP contribution is 2.31. The first-order chi connectivity index (χ1) is 9.09. The van der Waals surface area contributed by atoms with Crippen LogP contribution >= 0.6 is 0 Å². The number of hydrogen-bond acceptors (Lipinski definition) is 4. The van der Waals surface area contributed by atoms with Gasteiger partial charge in [-0.1, -0.05) is 6.07 Å². The third-order valence-electron chi connectivity index (χ3n) is 3.85. The lowest BCUT2D eigenvalue weighted by atomic mass is 10.1. The van der Waals surface area contributed by atoms with E-state index in [1.807, 2.05) is 6.07 Å². The van der Waals surface area contributed by atoms with Crippen LogP contribution in [0.2, 0.25) is 0 Å². The molecule has 0 amide bonds. The Hall–Kier alpha value is -0.950. The number of nitrogens with zero attached hydrogens (tertiary/aromatic N) is 1. The molecule has 0 aromatic heterocycles. The Morgan fingerprint density at radius 1 is 1.26 bits per heavy atom. The molecule has 0 saturated carbocycles. The van der Waals surface area contributed by atoms with Crippen LogP contribution in [-0.4, -0.2) is 39.0 Å². The third-order valence-corrected chi connectivity index (χ3v) is 5.74. The number of ether oxygens (including phenoxy) is 1. The quantitative estimate of drug-likeness (QED) is 0.864. The monoisotopic (exact) mass is 282 g/mol. The molecule has 2 aliphatic rings. The van der Waals surface area contributed by atoms with E-state index in [0.717, 1.165) is 18.4 Å². The first-order valence-electron chi connectivity index (χ1n) is 6.55. The molecule has 0 radical (unpaired) electrons. The van der Waals surface area contributed by atoms with Gasteiger partial charge in [-0.15, -0.1) is 0 Å². The number of sulfonamides is 1. The second-order valence-corrected chi connectivity index (χ2v) is 6.96. The van der Waals surface area contributed by atoms with Crippen LogP contribution in [0.5, 0.6) is 0 Å². The van der Waals surface area contributed by atoms with E-state index < -0.39 is 10.0 Å². The Labute approximate surface area is 113 Å². The van der Waals surface area contributed by atoms with Gasteiger partial charge in [0, 0.05) is 19.1 Å². The minimum atomic E-state index is -3.41. The first kappa shape index (κ1) is 13.1. The molecular weight excluding hydrogens is 264 g/mol. The molecule has 5 nitrogen and oxygen atoms in total. The predicted octanol–water partition coefficient (Wildman–Crippen LogP) is 0.653. The highest BCUT2D eigenvalue weighted by molar-refractivity contribution is 7.89. The molecule has 1 aromatic carbocycles. The number of aryl methyl sites for hydroxylation is 1. The summed E-state index contributed by atoms with van der Waals surface area (Å²) in [6, 6.07) is 5.31. The van der Waals surface area contributed by atoms with Crippen molar-refractivity contribution in [2.75, 3.05) is 26.3 Å². The molecule has 1 heterocycles. The van der Waals surface area contributed by atoms with Gasteiger partial charge in [-0.2, -0.15) is 4.31 Å². The van der Waals surface area contributed by atoms with Crippen LogP contribution in [0.15, 0.2) is 23.1 Å². The van der Waals surface area contributed by atoms with Crippen molar-refractivity contribution in [3.63, 3.8) is 0 Å². The summed E-state index contributed by atoms with van der Waals surface area (Å²) < 4.78 is 31.7. The summed E-state index contributed by atoms with van der Waals surface area (Å²) in [7, 11) is -3.41. The average molecular weight is 282 g/mol. The van der Waals surface area contributed by atoms with Crippen LogP contribution in [-0.2, 0) is 21.2 Å². The molecular formula is C13H18N2O3S. The number of benzene rings is 1. The zero-order chi connectivity index (χ0) is 13.5. The van der Waals surface area contributed by atoms with E-state index in [4.69, 9.17) is 10.5 Å². The Morgan fingerprint density at radius 3 is 2.74 bits per heavy atom. The molecule has 19 heavy (non-hydrogen) atoms. The Kier molecular flexibility index (Phi) is 3.34. The first-order valence-corrected chi connectivity index (χ1v) is 7.99. The highest BCUT2D eigenvalue weighted by Gasteiger charge is 2.28. The normalized spacial score (nSPS) is 24.4. The van der Waals surface area contributed by atoms with Gasteiger partial charge in [-0.25, -0.2) is 8.42 Å². The van der Waals surface area contributed by atoms with E-state index in [1.165, 1.54) is 9.87 Å². The maximum absolute atomic E-state index is 12.5. The van der Waals surface area contributed by atoms with Crippen molar-refractivity contribution < 1.29 is 13.2 Å². The van der Waals surface area contributed by atoms with Gasteiger partial charge in [0.2, 0.25) is 10.0 Å². The summed E-state index contributed by atoms with van der Waals surface area (Å²) in [5, 5.41) is 0. The summed E-state index contributed by atoms with van der Waals surface area (Å²) in [5.74, 6) is 0. The van der Waals surface area contributed by atoms with Crippen molar-refractivity contribution in [3.8, 4) is 0 Å². The van der Waals surface area contributed by atoms with Crippen LogP contribution in [0, 0.1) is 0 Å². The van der Waals surface area contributed by atoms with Crippen molar-refractivity contribution in [3.05, 3.63) is 29.3 Å². The van der Waals surface area contributed by atoms with Crippen LogP contribution < -0.4 is 5.73 Å². The summed E-state index contributed by atoms with van der Waals surface area (Å²) in [6.07, 6.45) is 1.84. The minimum Gasteiger partial charge on any atom is -0.379 e. The van der Waals surface area contributed by atoms with Crippen LogP contribution in [0.4, 0.5) is 0 Å². The lowest BCUT2D eigenvalue weighted by Gasteiger charge is -2.26. The highest BCUT2D eigenvalue weighted by atomic mass is 32.2. The van der Waals surface area contributed by atoms with Crippen molar-refractivity contribution in [2.24, 2.45) is 5.73 Å². The van der Waals surface area contributed by atoms with Crippen molar-refractivity contribution in [1.29, 1.82) is 0 Å². The van der Waals surface area contributed by atoms with E-state index in [-0.39, 0.29) is 6.04 Å². The summed E-state index contributed by atoms with van der Waals surface area (Å²) in [4.78, 5) is 0.352. The van der Waals surface area contributed by atoms with E-state index in [9.17, 15) is 8.42 Å². The van der Waals surface area contributed by atoms with E-state index >= 15 is 0 Å². The number of rotatable bonds is 2. The standard InChI is InChI=1S/C13H18N2O3S/c14-13-4-2-10-1-3-11(9-12(10)13)19(16,17)15-5-7-18-8-6-15/h1,3,9,13H,2,4-8,14H2/t13-/m1/s1. The Morgan fingerprint density at radius 2 is 2.00 bits per heavy atom. The lowest BCUT2D eigenvalue weighted by Crippen LogP contribution is -2.40. The predicted molar refractivity (Wildman–Crippen MR) is 71.3 cm³/mol. The lowest BCUT2D eigenvalue weighted by molar-refractivity contribution is 0.0730. The molecule has 1 atom stereocenters. The van der Waals surface area contributed by atoms with Gasteiger partial charge in [0.25, 0.3) is 0 Å². The molecule has 1 aromatic rings. The molecule has 1 saturated heterocycles. The van der Waals surface area contributed by atoms with Crippen LogP contribution in [0.25, 0.3) is 0 Å². The van der Waals surface area contributed by atoms with Gasteiger partial charge in [-0.05, 0) is 36.1 Å². The molecule has 1 aliphatic heterocycles. The van der Waals surface area contributed by atoms with Crippen LogP contribution in [0.3, 0.4) is 0 Å². The van der Waals surface area contributed by atoms with Gasteiger partial charge in [0.15, 0.2) is 0 Å². The smallest absolute Gasteiger partial charge is 0.243 e. The Balaban J connectivity index is 1.95. The molecule has 6 heteroatoms. The fraction of sp³-hybridized carbons (Fsp3) is 0.538. The van der Waals surface area contributed by atoms with Gasteiger partial charge in [-0.3, -0.25) is 0 Å². The fourth-order valence-corrected chi connectivity index (χ4v) is 4.15. The van der Waals surface area contributed by atoms with Crippen LogP contribution in [0.1, 0.15) is 23.6 Å². The maximum Gasteiger partial charge on any atom is 0.243 e. The summed E-state index contributed by atoms with van der Waals surface area (Å²) >= 11 is 0. The molecule has 0 unspecified atom stereocenters. The molecule has 104 valence electrons. The molecule has 0 bridgehead atoms. The third kappa shape index (κ3) is 2.29. The molecule has 1 fully saturated rings. The van der Waals surface area contributed by atoms with Gasteiger partial charge < -0.3 is 10.5 Å². The summed E-state index contributed by atoms with van der Waals surface area (Å²) in [5.41, 5.74) is 8.16. The fourth-order valence-electron chi connectivity index (χ4n) is 2.71. The number of morpholine rings is 1. The summed E-state index contributed by atoms with van der Waals surface area (Å²) in [6.45, 7) is 1.77. The number of hydrogen-bond donors (Lipinski definition) is 1. The van der Waals surface area contributed by atoms with E-state index in [0.29, 0.717) is 31.2 Å². The molecule has 0 spiro atoms. The Bertz CT molecular complexity index is 580. The topological polar surface area (TPSA) is 72.6 Å². The second kappa shape index (κ2) is 4.86. The SMILES string of the molecule is N[C@@H]1CCc2ccc(S(=O)(=O)N3CCOCC3)cc21. The molecule has 2 N–H and O–H groups in total. The average Bonchev–Trinajstić information content (AvgIpc) is 2.81. The zero-order valence-electron chi connectivity index (χ0n) is 10.7. The van der Waals surface area contributed by atoms with Gasteiger partial charge >= 0.3 is 0 Å². The van der Waals surface area contributed by atoms with E-state index in [1.54, 1.807) is 12.1 Å². The number of nitrogens with two attached hydrogens (primary N) is 1. The second-order valence-electron chi connectivity index (χ2n) is 5.02. The van der Waals surface area contributed by atoms with Crippen molar-refractivity contribution >= 4 is 10.0 Å². The molecule has 1 aliphatic carbocycles. The molecule has 3 rings (SSSR count). The van der Waals surface area contributed by atoms with Gasteiger partial charge in [0.1, 0.15) is 0 Å². The maximum atomic E-state index is 12.5. The largest absolute Gasteiger partial charge is 0.379 e. The minimum absolute atomic E-state index is 0.0326. The zero-order valence-corrected chi connectivity index (χ0v) is 11.5. The van der Waals surface area contributed by atoms with Gasteiger partial charge in [0.05, 0.1) is 18.1 Å². The van der Waals surface area contributed by atoms with Crippen molar-refractivity contribution in [1.82, 2.24) is 4.31 Å².